The number of rotatable bonds is 7. The van der Waals surface area contributed by atoms with Crippen molar-refractivity contribution < 1.29 is 4.74 Å². The van der Waals surface area contributed by atoms with Gasteiger partial charge in [-0.15, -0.1) is 0 Å². The molecular weight excluding hydrogens is 346 g/mol. The van der Waals surface area contributed by atoms with Crippen molar-refractivity contribution in [2.45, 2.75) is 12.6 Å². The van der Waals surface area contributed by atoms with Gasteiger partial charge < -0.3 is 4.74 Å². The molecule has 4 heteroatoms. The first-order chi connectivity index (χ1) is 13.9. The Morgan fingerprint density at radius 1 is 0.821 bits per heavy atom. The number of para-hydroxylation sites is 1. The van der Waals surface area contributed by atoms with Crippen LogP contribution in [0.15, 0.2) is 85.2 Å². The number of benzene rings is 2. The van der Waals surface area contributed by atoms with E-state index in [1.807, 2.05) is 48.8 Å². The minimum atomic E-state index is 0.266. The van der Waals surface area contributed by atoms with Crippen LogP contribution in [-0.2, 0) is 6.54 Å². The highest BCUT2D eigenvalue weighted by molar-refractivity contribution is 5.23. The monoisotopic (exact) mass is 373 g/mol. The molecular formula is C24H27N3O. The average molecular weight is 374 g/mol. The quantitative estimate of drug-likeness (QED) is 0.625. The number of aromatic nitrogens is 1. The molecule has 1 saturated heterocycles. The van der Waals surface area contributed by atoms with Crippen molar-refractivity contribution >= 4 is 0 Å². The molecule has 4 rings (SSSR count). The fraction of sp³-hybridized carbons (Fsp3) is 0.292. The van der Waals surface area contributed by atoms with E-state index in [9.17, 15) is 0 Å². The van der Waals surface area contributed by atoms with Crippen molar-refractivity contribution in [2.75, 3.05) is 32.8 Å². The third-order valence-electron chi connectivity index (χ3n) is 5.31. The number of hydrogen-bond acceptors (Lipinski definition) is 4. The maximum Gasteiger partial charge on any atom is 0.119 e. The molecule has 0 saturated carbocycles. The molecule has 1 aromatic heterocycles. The summed E-state index contributed by atoms with van der Waals surface area (Å²) in [7, 11) is 0. The van der Waals surface area contributed by atoms with E-state index in [1.165, 1.54) is 11.1 Å². The number of pyridine rings is 1. The molecule has 1 aliphatic heterocycles. The van der Waals surface area contributed by atoms with Gasteiger partial charge in [0.2, 0.25) is 0 Å². The number of nitrogens with zero attached hydrogens (tertiary/aromatic N) is 3. The third kappa shape index (κ3) is 4.97. The first kappa shape index (κ1) is 18.7. The van der Waals surface area contributed by atoms with Crippen LogP contribution in [-0.4, -0.2) is 47.6 Å². The molecule has 0 bridgehead atoms. The maximum atomic E-state index is 6.13. The van der Waals surface area contributed by atoms with Gasteiger partial charge in [-0.1, -0.05) is 54.6 Å². The fourth-order valence-electron chi connectivity index (χ4n) is 3.76. The Morgan fingerprint density at radius 2 is 1.54 bits per heavy atom. The first-order valence-electron chi connectivity index (χ1n) is 9.96. The van der Waals surface area contributed by atoms with Gasteiger partial charge in [-0.25, -0.2) is 0 Å². The highest BCUT2D eigenvalue weighted by Gasteiger charge is 2.25. The van der Waals surface area contributed by atoms with Gasteiger partial charge in [0.05, 0.1) is 6.04 Å². The van der Waals surface area contributed by atoms with Crippen molar-refractivity contribution in [3.63, 3.8) is 0 Å². The van der Waals surface area contributed by atoms with Crippen molar-refractivity contribution in [3.8, 4) is 5.75 Å². The number of hydrogen-bond donors (Lipinski definition) is 0. The fourth-order valence-corrected chi connectivity index (χ4v) is 3.76. The molecule has 0 amide bonds. The van der Waals surface area contributed by atoms with Gasteiger partial charge in [0.15, 0.2) is 0 Å². The van der Waals surface area contributed by atoms with E-state index in [4.69, 9.17) is 4.74 Å². The first-order valence-corrected chi connectivity index (χ1v) is 9.96. The molecule has 1 aliphatic rings. The average Bonchev–Trinajstić information content (AvgIpc) is 2.77. The molecule has 2 heterocycles. The molecule has 3 aromatic rings. The zero-order valence-corrected chi connectivity index (χ0v) is 16.2. The van der Waals surface area contributed by atoms with Crippen molar-refractivity contribution in [1.29, 1.82) is 0 Å². The van der Waals surface area contributed by atoms with Crippen molar-refractivity contribution in [2.24, 2.45) is 0 Å². The molecule has 1 atom stereocenters. The van der Waals surface area contributed by atoms with Gasteiger partial charge in [0.25, 0.3) is 0 Å². The highest BCUT2D eigenvalue weighted by atomic mass is 16.5. The summed E-state index contributed by atoms with van der Waals surface area (Å²) in [4.78, 5) is 9.29. The van der Waals surface area contributed by atoms with E-state index in [0.29, 0.717) is 6.61 Å². The standard InChI is InChI=1S/C24H27N3O/c1-3-9-22(10-4-1)24(20-28-23-11-5-2-6-12-23)27-16-14-26(15-17-27)19-21-8-7-13-25-18-21/h1-13,18,24H,14-17,19-20H2. The van der Waals surface area contributed by atoms with E-state index < -0.39 is 0 Å². The second-order valence-electron chi connectivity index (χ2n) is 7.22. The second-order valence-corrected chi connectivity index (χ2v) is 7.22. The summed E-state index contributed by atoms with van der Waals surface area (Å²) in [6.45, 7) is 5.83. The van der Waals surface area contributed by atoms with E-state index in [1.54, 1.807) is 0 Å². The minimum absolute atomic E-state index is 0.266. The van der Waals surface area contributed by atoms with Crippen LogP contribution < -0.4 is 4.74 Å². The smallest absolute Gasteiger partial charge is 0.119 e. The van der Waals surface area contributed by atoms with Crippen LogP contribution in [0.4, 0.5) is 0 Å². The van der Waals surface area contributed by atoms with Crippen LogP contribution in [0.3, 0.4) is 0 Å². The summed E-state index contributed by atoms with van der Waals surface area (Å²) < 4.78 is 6.13. The van der Waals surface area contributed by atoms with Crippen LogP contribution >= 0.6 is 0 Å². The Labute approximate surface area is 167 Å². The summed E-state index contributed by atoms with van der Waals surface area (Å²) in [5, 5.41) is 0. The Morgan fingerprint density at radius 3 is 2.21 bits per heavy atom. The summed E-state index contributed by atoms with van der Waals surface area (Å²) in [6, 6.07) is 25.2. The maximum absolute atomic E-state index is 6.13. The summed E-state index contributed by atoms with van der Waals surface area (Å²) in [5.74, 6) is 0.929. The molecule has 1 fully saturated rings. The van der Waals surface area contributed by atoms with Crippen molar-refractivity contribution in [3.05, 3.63) is 96.3 Å². The zero-order valence-electron chi connectivity index (χ0n) is 16.2. The van der Waals surface area contributed by atoms with E-state index in [2.05, 4.69) is 51.2 Å². The normalized spacial score (nSPS) is 16.6. The van der Waals surface area contributed by atoms with Gasteiger partial charge in [0, 0.05) is 45.1 Å². The minimum Gasteiger partial charge on any atom is -0.492 e. The largest absolute Gasteiger partial charge is 0.492 e. The SMILES string of the molecule is c1ccc(OCC(c2ccccc2)N2CCN(Cc3cccnc3)CC2)cc1. The second kappa shape index (κ2) is 9.49. The molecule has 0 radical (unpaired) electrons. The van der Waals surface area contributed by atoms with Crippen LogP contribution in [0.1, 0.15) is 17.2 Å². The van der Waals surface area contributed by atoms with Crippen LogP contribution in [0.5, 0.6) is 5.75 Å². The lowest BCUT2D eigenvalue weighted by molar-refractivity contribution is 0.0677. The topological polar surface area (TPSA) is 28.6 Å². The Hall–Kier alpha value is -2.69. The van der Waals surface area contributed by atoms with Crippen LogP contribution in [0.25, 0.3) is 0 Å². The lowest BCUT2D eigenvalue weighted by Crippen LogP contribution is -2.48. The lowest BCUT2D eigenvalue weighted by Gasteiger charge is -2.39. The van der Waals surface area contributed by atoms with Gasteiger partial charge in [0.1, 0.15) is 12.4 Å². The van der Waals surface area contributed by atoms with Gasteiger partial charge >= 0.3 is 0 Å². The van der Waals surface area contributed by atoms with Gasteiger partial charge in [-0.3, -0.25) is 14.8 Å². The molecule has 0 N–H and O–H groups in total. The van der Waals surface area contributed by atoms with E-state index in [0.717, 1.165) is 38.5 Å². The summed E-state index contributed by atoms with van der Waals surface area (Å²) in [6.07, 6.45) is 3.80. The zero-order chi connectivity index (χ0) is 19.0. The molecule has 1 unspecified atom stereocenters. The molecule has 144 valence electrons. The van der Waals surface area contributed by atoms with E-state index >= 15 is 0 Å². The van der Waals surface area contributed by atoms with Gasteiger partial charge in [-0.05, 0) is 29.3 Å². The highest BCUT2D eigenvalue weighted by Crippen LogP contribution is 2.24. The lowest BCUT2D eigenvalue weighted by atomic mass is 10.0. The Balaban J connectivity index is 1.39. The summed E-state index contributed by atoms with van der Waals surface area (Å²) >= 11 is 0. The molecule has 0 spiro atoms. The number of piperazine rings is 1. The predicted octanol–water partition coefficient (Wildman–Crippen LogP) is 4.02. The Bertz CT molecular complexity index is 818. The summed E-state index contributed by atoms with van der Waals surface area (Å²) in [5.41, 5.74) is 2.60. The van der Waals surface area contributed by atoms with Gasteiger partial charge in [-0.2, -0.15) is 0 Å². The van der Waals surface area contributed by atoms with Crippen molar-refractivity contribution in [1.82, 2.24) is 14.8 Å². The predicted molar refractivity (Wildman–Crippen MR) is 112 cm³/mol. The molecule has 0 aliphatic carbocycles. The van der Waals surface area contributed by atoms with E-state index in [-0.39, 0.29) is 6.04 Å². The van der Waals surface area contributed by atoms with Crippen LogP contribution in [0.2, 0.25) is 0 Å². The number of ether oxygens (including phenoxy) is 1. The Kier molecular flexibility index (Phi) is 6.32. The van der Waals surface area contributed by atoms with Crippen LogP contribution in [0, 0.1) is 0 Å². The molecule has 2 aromatic carbocycles. The molecule has 28 heavy (non-hydrogen) atoms. The molecule has 4 nitrogen and oxygen atoms in total. The third-order valence-corrected chi connectivity index (χ3v) is 5.31.